The summed E-state index contributed by atoms with van der Waals surface area (Å²) in [5, 5.41) is 18.4. The van der Waals surface area contributed by atoms with E-state index in [-0.39, 0.29) is 874 Å². The Hall–Kier alpha value is 15.5. The Bertz CT molecular complexity index is 6290. The summed E-state index contributed by atoms with van der Waals surface area (Å²) in [7, 11) is 0. The predicted octanol–water partition coefficient (Wildman–Crippen LogP) is 33.0. The van der Waals surface area contributed by atoms with E-state index in [9.17, 15) is 0 Å². The van der Waals surface area contributed by atoms with Crippen LogP contribution in [0, 0.1) is 103 Å². The Balaban J connectivity index is -0.0000000550. The van der Waals surface area contributed by atoms with Gasteiger partial charge in [-0.15, -0.1) is 0 Å². The van der Waals surface area contributed by atoms with Crippen LogP contribution in [0.3, 0.4) is 0 Å². The van der Waals surface area contributed by atoms with E-state index in [4.69, 9.17) is 35.3 Å². The molecule has 0 amide bonds. The van der Waals surface area contributed by atoms with Crippen LogP contribution in [0.1, 0.15) is 102 Å². The zero-order valence-electron chi connectivity index (χ0n) is 82.0. The summed E-state index contributed by atoms with van der Waals surface area (Å²) in [6.07, 6.45) is 6.60. The van der Waals surface area contributed by atoms with E-state index in [1.54, 1.807) is 0 Å². The fourth-order valence-electron chi connectivity index (χ4n) is 13.4. The molecule has 0 saturated carbocycles. The standard InChI is InChI=1S/C22H18O2.C21H16O2.C20H14O2.C19H12O2.2C3H8.12CH3.24Y/c1-3-13-5-7-19-15(9-13)17-11-18-16-10-14(4-2)6-8-20(16)24-22(18)12-21(17)23-19;1-3-13-5-7-19-15(9-13)17-10-16-14-8-12(2)4-6-18(14)22-20(16)11-21(17)23-19;1-2-12-7-10-18-16(11-12)15-9-8-14-13-5-3-4-6-17(13)21-19(14)20(15)22-18;1-11-6-9-17-15(10-11)14-8-7-13-12-4-2-3-5-16(12)20-18(13)19(14)21-17;2*1-3-2;;;;;;;;;;;;;;;;;;;;;;;;;;;;;;;;;;;;/h5-12H,3-4H2,1-2H3;4-11H,3H2,1-2H3;3-11H,2H2,1H3;2-10H,1H3;2*3H2,1-2H3;12*1H3;;;;;;;;;;;;;;;;;;;;;;;;/q;;;;;;12*-1;;;;;;;;;;;;;;;;;;;;;;;;. The minimum absolute atomic E-state index is 0. The van der Waals surface area contributed by atoms with Gasteiger partial charge in [0, 0.05) is 883 Å². The van der Waals surface area contributed by atoms with Gasteiger partial charge in [0.1, 0.15) is 67.0 Å². The quantitative estimate of drug-likeness (QED) is 0.161. The number of benzene rings is 12. The van der Waals surface area contributed by atoms with Crippen LogP contribution in [0.15, 0.2) is 242 Å². The number of furan rings is 8. The molecule has 20 rings (SSSR count). The smallest absolute Gasteiger partial charge is 0.178 e. The van der Waals surface area contributed by atoms with Gasteiger partial charge in [-0.25, -0.2) is 0 Å². The van der Waals surface area contributed by atoms with E-state index in [0.717, 1.165) is 180 Å². The van der Waals surface area contributed by atoms with Crippen molar-refractivity contribution in [1.29, 1.82) is 0 Å². The van der Waals surface area contributed by atoms with Gasteiger partial charge in [0.2, 0.25) is 0 Å². The first kappa shape index (κ1) is 201. The third kappa shape index (κ3) is 47.3. The van der Waals surface area contributed by atoms with Gasteiger partial charge in [-0.2, -0.15) is 0 Å². The van der Waals surface area contributed by atoms with E-state index in [1.165, 1.54) is 67.8 Å². The maximum atomic E-state index is 6.10. The van der Waals surface area contributed by atoms with Gasteiger partial charge in [-0.1, -0.05) is 152 Å². The minimum Gasteiger partial charge on any atom is -0.456 e. The fraction of sp³-hybridized carbons (Fsp3) is 0.160. The molecule has 644 valence electrons. The van der Waals surface area contributed by atoms with Crippen molar-refractivity contribution in [3.05, 3.63) is 329 Å². The number of hydrogen-bond donors (Lipinski definition) is 0. The molecule has 8 heterocycles. The largest absolute Gasteiger partial charge is 0.456 e. The summed E-state index contributed by atoms with van der Waals surface area (Å²) < 4.78 is 48.3. The fourth-order valence-corrected chi connectivity index (χ4v) is 13.4. The first-order valence-electron chi connectivity index (χ1n) is 34.1. The summed E-state index contributed by atoms with van der Waals surface area (Å²) in [6, 6.07) is 71.5. The van der Waals surface area contributed by atoms with Crippen molar-refractivity contribution < 1.29 is 820 Å². The second-order valence-corrected chi connectivity index (χ2v) is 25.3. The van der Waals surface area contributed by atoms with Gasteiger partial charge in [0.05, 0.1) is 0 Å². The molecule has 0 bridgehead atoms. The molecule has 0 aliphatic carbocycles. The van der Waals surface area contributed by atoms with Crippen LogP contribution >= 0.6 is 0 Å². The second-order valence-electron chi connectivity index (χ2n) is 25.3. The van der Waals surface area contributed by atoms with Crippen molar-refractivity contribution in [2.75, 3.05) is 0 Å². The van der Waals surface area contributed by atoms with Gasteiger partial charge in [-0.05, 0) is 183 Å². The summed E-state index contributed by atoms with van der Waals surface area (Å²) >= 11 is 0. The molecule has 8 nitrogen and oxygen atoms in total. The van der Waals surface area contributed by atoms with E-state index in [0.29, 0.717) is 0 Å². The molecule has 0 atom stereocenters. The van der Waals surface area contributed by atoms with Crippen molar-refractivity contribution in [2.45, 2.75) is 108 Å². The molecule has 24 radical (unpaired) electrons. The van der Waals surface area contributed by atoms with Crippen LogP contribution in [-0.4, -0.2) is 0 Å². The molecule has 0 fully saturated rings. The summed E-state index contributed by atoms with van der Waals surface area (Å²) in [5.41, 5.74) is 22.0. The van der Waals surface area contributed by atoms with Gasteiger partial charge >= 0.3 is 0 Å². The predicted molar refractivity (Wildman–Crippen MR) is 480 cm³/mol. The Morgan fingerprint density at radius 2 is 0.318 bits per heavy atom. The molecule has 20 aromatic rings. The third-order valence-electron chi connectivity index (χ3n) is 18.3. The van der Waals surface area contributed by atoms with E-state index in [1.807, 2.05) is 60.7 Å². The molecular formula is C100H112O8Y24-12. The Morgan fingerprint density at radius 3 is 0.545 bits per heavy atom. The molecule has 0 saturated heterocycles. The molecule has 32 heteroatoms. The van der Waals surface area contributed by atoms with Crippen LogP contribution in [-0.2, 0) is 811 Å². The first-order valence-corrected chi connectivity index (χ1v) is 34.1. The Labute approximate surface area is 1400 Å². The molecule has 132 heavy (non-hydrogen) atoms. The monoisotopic (exact) mass is 3570 g/mol. The van der Waals surface area contributed by atoms with E-state index < -0.39 is 0 Å². The molecular weight excluding hydrogens is 3460 g/mol. The number of aryl methyl sites for hydroxylation is 6. The van der Waals surface area contributed by atoms with Gasteiger partial charge in [0.25, 0.3) is 0 Å². The van der Waals surface area contributed by atoms with Gasteiger partial charge in [0.15, 0.2) is 22.3 Å². The average molecular weight is 3580 g/mol. The van der Waals surface area contributed by atoms with Crippen molar-refractivity contribution >= 4 is 176 Å². The second kappa shape index (κ2) is 98.5. The molecule has 0 spiro atoms. The van der Waals surface area contributed by atoms with Crippen LogP contribution in [0.4, 0.5) is 0 Å². The molecule has 8 aromatic heterocycles. The van der Waals surface area contributed by atoms with E-state index >= 15 is 0 Å². The van der Waals surface area contributed by atoms with Crippen LogP contribution in [0.25, 0.3) is 176 Å². The van der Waals surface area contributed by atoms with Gasteiger partial charge < -0.3 is 124 Å². The van der Waals surface area contributed by atoms with Crippen LogP contribution < -0.4 is 0 Å². The molecule has 0 aliphatic rings. The number of hydrogen-bond acceptors (Lipinski definition) is 8. The van der Waals surface area contributed by atoms with Crippen molar-refractivity contribution in [3.63, 3.8) is 0 Å². The number of fused-ring (bicyclic) bond motifs is 26. The summed E-state index contributed by atoms with van der Waals surface area (Å²) in [6.45, 7) is 21.4. The maximum absolute atomic E-state index is 6.10. The Morgan fingerprint density at radius 1 is 0.152 bits per heavy atom. The van der Waals surface area contributed by atoms with E-state index in [2.05, 4.69) is 215 Å². The molecule has 12 aromatic carbocycles. The van der Waals surface area contributed by atoms with Crippen molar-refractivity contribution in [2.24, 2.45) is 0 Å². The SMILES string of the molecule is CCC.CCC.CCc1ccc2oc3c(ccc4c5ccccc5oc43)c2c1.CCc1ccc2oc3cc4oc5ccc(C)cc5c4cc3c2c1.CCc1ccc2oc3cc4oc5ccc(CC)cc5c4cc3c2c1.Cc1ccc2oc3c(ccc4c5ccccc5oc43)c2c1.[CH3-].[CH3-].[CH3-].[CH3-].[CH3-].[CH3-].[CH3-].[CH3-].[CH3-].[CH3-].[CH3-].[CH3-].[Y].[Y].[Y].[Y].[Y].[Y].[Y].[Y].[Y].[Y].[Y].[Y].[Y].[Y].[Y].[Y].[Y].[Y].[Y].[Y].[Y].[Y].[Y].[Y]. The zero-order valence-corrected chi connectivity index (χ0v) is 150. The minimum atomic E-state index is 0. The van der Waals surface area contributed by atoms with Crippen molar-refractivity contribution in [3.8, 4) is 0 Å². The maximum Gasteiger partial charge on any atom is 0.178 e. The van der Waals surface area contributed by atoms with Crippen molar-refractivity contribution in [1.82, 2.24) is 0 Å². The first-order chi connectivity index (χ1) is 47.0. The van der Waals surface area contributed by atoms with Crippen LogP contribution in [0.2, 0.25) is 0 Å². The topological polar surface area (TPSA) is 105 Å². The Kier molecular flexibility index (Phi) is 150. The average Bonchev–Trinajstić information content (AvgIpc) is 1.60. The summed E-state index contributed by atoms with van der Waals surface area (Å²) in [5.74, 6) is 0. The normalized spacial score (nSPS) is 8.50. The van der Waals surface area contributed by atoms with Crippen LogP contribution in [0.5, 0.6) is 0 Å². The number of rotatable bonds is 4. The molecule has 0 unspecified atom stereocenters. The molecule has 0 N–H and O–H groups in total. The zero-order chi connectivity index (χ0) is 65.9. The third-order valence-corrected chi connectivity index (χ3v) is 18.3. The number of para-hydroxylation sites is 2. The molecule has 0 aliphatic heterocycles. The van der Waals surface area contributed by atoms with Gasteiger partial charge in [-0.3, -0.25) is 0 Å². The summed E-state index contributed by atoms with van der Waals surface area (Å²) in [4.78, 5) is 0.